The second-order valence-corrected chi connectivity index (χ2v) is 5.27. The van der Waals surface area contributed by atoms with Crippen molar-refractivity contribution in [3.05, 3.63) is 0 Å². The maximum Gasteiger partial charge on any atom is 0.0195 e. The van der Waals surface area contributed by atoms with Crippen LogP contribution in [0.1, 0.15) is 47.0 Å². The van der Waals surface area contributed by atoms with Crippen LogP contribution in [0, 0.1) is 5.92 Å². The van der Waals surface area contributed by atoms with Crippen LogP contribution in [-0.2, 0) is 0 Å². The van der Waals surface area contributed by atoms with E-state index in [-0.39, 0.29) is 0 Å². The minimum Gasteiger partial charge on any atom is -0.315 e. The van der Waals surface area contributed by atoms with Crippen molar-refractivity contribution in [2.75, 3.05) is 19.6 Å². The molecule has 2 heteroatoms. The summed E-state index contributed by atoms with van der Waals surface area (Å²) in [6.07, 6.45) is 3.99. The van der Waals surface area contributed by atoms with Crippen LogP contribution < -0.4 is 5.32 Å². The summed E-state index contributed by atoms with van der Waals surface area (Å²) in [4.78, 5) is 2.67. The average Bonchev–Trinajstić information content (AvgIpc) is 2.17. The normalized spacial score (nSPS) is 30.4. The highest BCUT2D eigenvalue weighted by molar-refractivity contribution is 4.81. The summed E-state index contributed by atoms with van der Waals surface area (Å²) in [5.74, 6) is 0.923. The third kappa shape index (κ3) is 4.12. The van der Waals surface area contributed by atoms with E-state index in [1.54, 1.807) is 0 Å². The van der Waals surface area contributed by atoms with Crippen molar-refractivity contribution in [2.24, 2.45) is 5.92 Å². The lowest BCUT2D eigenvalue weighted by molar-refractivity contribution is 0.0890. The molecule has 0 bridgehead atoms. The first-order valence-electron chi connectivity index (χ1n) is 6.61. The number of rotatable bonds is 5. The van der Waals surface area contributed by atoms with Crippen molar-refractivity contribution in [2.45, 2.75) is 59.0 Å². The zero-order valence-electron chi connectivity index (χ0n) is 10.9. The molecule has 1 saturated heterocycles. The molecule has 1 aliphatic heterocycles. The van der Waals surface area contributed by atoms with Crippen LogP contribution in [0.5, 0.6) is 0 Å². The van der Waals surface area contributed by atoms with Crippen LogP contribution in [0.3, 0.4) is 0 Å². The summed E-state index contributed by atoms with van der Waals surface area (Å²) in [6.45, 7) is 12.9. The SMILES string of the molecule is CCCNCC(C)N1CCC(C)CC1C. The quantitative estimate of drug-likeness (QED) is 0.704. The summed E-state index contributed by atoms with van der Waals surface area (Å²) in [5.41, 5.74) is 0. The third-order valence-electron chi connectivity index (χ3n) is 3.62. The molecular formula is C13H28N2. The van der Waals surface area contributed by atoms with Crippen LogP contribution in [0.25, 0.3) is 0 Å². The van der Waals surface area contributed by atoms with Gasteiger partial charge in [0.1, 0.15) is 0 Å². The molecule has 1 heterocycles. The fraction of sp³-hybridized carbons (Fsp3) is 1.00. The van der Waals surface area contributed by atoms with Gasteiger partial charge in [-0.15, -0.1) is 0 Å². The molecule has 0 amide bonds. The minimum absolute atomic E-state index is 0.694. The van der Waals surface area contributed by atoms with Crippen LogP contribution in [0.2, 0.25) is 0 Å². The topological polar surface area (TPSA) is 15.3 Å². The van der Waals surface area contributed by atoms with Gasteiger partial charge in [-0.3, -0.25) is 4.90 Å². The van der Waals surface area contributed by atoms with E-state index in [1.807, 2.05) is 0 Å². The van der Waals surface area contributed by atoms with Gasteiger partial charge in [-0.05, 0) is 52.1 Å². The molecule has 1 rings (SSSR count). The fourth-order valence-corrected chi connectivity index (χ4v) is 2.69. The Morgan fingerprint density at radius 2 is 2.13 bits per heavy atom. The summed E-state index contributed by atoms with van der Waals surface area (Å²) >= 11 is 0. The molecule has 1 N–H and O–H groups in total. The van der Waals surface area contributed by atoms with Crippen LogP contribution in [0.15, 0.2) is 0 Å². The molecule has 0 aromatic rings. The van der Waals surface area contributed by atoms with Gasteiger partial charge >= 0.3 is 0 Å². The number of piperidine rings is 1. The van der Waals surface area contributed by atoms with Crippen LogP contribution in [0.4, 0.5) is 0 Å². The lowest BCUT2D eigenvalue weighted by Gasteiger charge is -2.40. The van der Waals surface area contributed by atoms with Gasteiger partial charge in [-0.25, -0.2) is 0 Å². The first-order chi connectivity index (χ1) is 7.15. The monoisotopic (exact) mass is 212 g/mol. The van der Waals surface area contributed by atoms with E-state index in [2.05, 4.69) is 37.9 Å². The van der Waals surface area contributed by atoms with Crippen molar-refractivity contribution in [3.8, 4) is 0 Å². The molecule has 0 radical (unpaired) electrons. The Bertz CT molecular complexity index is 170. The molecule has 0 aliphatic carbocycles. The summed E-state index contributed by atoms with van der Waals surface area (Å²) in [7, 11) is 0. The predicted octanol–water partition coefficient (Wildman–Crippen LogP) is 2.49. The molecule has 1 aliphatic rings. The molecule has 3 unspecified atom stereocenters. The van der Waals surface area contributed by atoms with E-state index >= 15 is 0 Å². The zero-order chi connectivity index (χ0) is 11.3. The van der Waals surface area contributed by atoms with Gasteiger partial charge in [0, 0.05) is 18.6 Å². The smallest absolute Gasteiger partial charge is 0.0195 e. The number of likely N-dealkylation sites (tertiary alicyclic amines) is 1. The summed E-state index contributed by atoms with van der Waals surface area (Å²) in [6, 6.07) is 1.46. The van der Waals surface area contributed by atoms with Crippen LogP contribution in [-0.4, -0.2) is 36.6 Å². The second-order valence-electron chi connectivity index (χ2n) is 5.27. The minimum atomic E-state index is 0.694. The number of nitrogens with one attached hydrogen (secondary N) is 1. The van der Waals surface area contributed by atoms with Gasteiger partial charge in [0.15, 0.2) is 0 Å². The average molecular weight is 212 g/mol. The maximum atomic E-state index is 3.52. The standard InChI is InChI=1S/C13H28N2/c1-5-7-14-10-13(4)15-8-6-11(2)9-12(15)3/h11-14H,5-10H2,1-4H3. The Kier molecular flexibility index (Phi) is 5.62. The highest BCUT2D eigenvalue weighted by atomic mass is 15.2. The highest BCUT2D eigenvalue weighted by Gasteiger charge is 2.25. The summed E-state index contributed by atoms with van der Waals surface area (Å²) < 4.78 is 0. The Labute approximate surface area is 95.4 Å². The molecule has 2 nitrogen and oxygen atoms in total. The Morgan fingerprint density at radius 3 is 2.73 bits per heavy atom. The predicted molar refractivity (Wildman–Crippen MR) is 67.2 cm³/mol. The van der Waals surface area contributed by atoms with Gasteiger partial charge in [-0.1, -0.05) is 13.8 Å². The molecule has 0 saturated carbocycles. The molecular weight excluding hydrogens is 184 g/mol. The van der Waals surface area contributed by atoms with E-state index in [0.717, 1.165) is 25.0 Å². The molecule has 0 aromatic heterocycles. The number of hydrogen-bond donors (Lipinski definition) is 1. The first-order valence-corrected chi connectivity index (χ1v) is 6.61. The van der Waals surface area contributed by atoms with Gasteiger partial charge in [-0.2, -0.15) is 0 Å². The van der Waals surface area contributed by atoms with Crippen molar-refractivity contribution in [1.82, 2.24) is 10.2 Å². The van der Waals surface area contributed by atoms with E-state index < -0.39 is 0 Å². The van der Waals surface area contributed by atoms with E-state index in [0.29, 0.717) is 6.04 Å². The molecule has 0 spiro atoms. The van der Waals surface area contributed by atoms with E-state index in [9.17, 15) is 0 Å². The van der Waals surface area contributed by atoms with Gasteiger partial charge in [0.25, 0.3) is 0 Å². The fourth-order valence-electron chi connectivity index (χ4n) is 2.69. The Morgan fingerprint density at radius 1 is 1.40 bits per heavy atom. The van der Waals surface area contributed by atoms with Crippen molar-refractivity contribution >= 4 is 0 Å². The van der Waals surface area contributed by atoms with Gasteiger partial charge < -0.3 is 5.32 Å². The molecule has 0 aromatic carbocycles. The largest absolute Gasteiger partial charge is 0.315 e. The number of nitrogens with zero attached hydrogens (tertiary/aromatic N) is 1. The van der Waals surface area contributed by atoms with Gasteiger partial charge in [0.05, 0.1) is 0 Å². The Hall–Kier alpha value is -0.0800. The van der Waals surface area contributed by atoms with Crippen LogP contribution >= 0.6 is 0 Å². The maximum absolute atomic E-state index is 3.52. The second kappa shape index (κ2) is 6.49. The van der Waals surface area contributed by atoms with E-state index in [4.69, 9.17) is 0 Å². The lowest BCUT2D eigenvalue weighted by Crippen LogP contribution is -2.49. The molecule has 3 atom stereocenters. The van der Waals surface area contributed by atoms with Crippen molar-refractivity contribution < 1.29 is 0 Å². The van der Waals surface area contributed by atoms with Crippen molar-refractivity contribution in [1.29, 1.82) is 0 Å². The molecule has 90 valence electrons. The van der Waals surface area contributed by atoms with Crippen molar-refractivity contribution in [3.63, 3.8) is 0 Å². The highest BCUT2D eigenvalue weighted by Crippen LogP contribution is 2.23. The van der Waals surface area contributed by atoms with E-state index in [1.165, 1.54) is 25.8 Å². The lowest BCUT2D eigenvalue weighted by atomic mass is 9.92. The Balaban J connectivity index is 2.28. The first kappa shape index (κ1) is 13.0. The van der Waals surface area contributed by atoms with Gasteiger partial charge in [0.2, 0.25) is 0 Å². The molecule has 15 heavy (non-hydrogen) atoms. The third-order valence-corrected chi connectivity index (χ3v) is 3.62. The zero-order valence-corrected chi connectivity index (χ0v) is 10.9. The summed E-state index contributed by atoms with van der Waals surface area (Å²) in [5, 5.41) is 3.52. The number of hydrogen-bond acceptors (Lipinski definition) is 2. The molecule has 1 fully saturated rings.